The van der Waals surface area contributed by atoms with Crippen molar-refractivity contribution in [3.8, 4) is 0 Å². The van der Waals surface area contributed by atoms with E-state index >= 15 is 0 Å². The Morgan fingerprint density at radius 1 is 0.603 bits per heavy atom. The molecule has 2 aliphatic carbocycles. The van der Waals surface area contributed by atoms with Gasteiger partial charge in [-0.1, -0.05) is 70.0 Å². The largest absolute Gasteiger partial charge is 0.396 e. The molecule has 4 aromatic heterocycles. The Kier molecular flexibility index (Phi) is 20.7. The number of hydrogen-bond acceptors (Lipinski definition) is 20. The van der Waals surface area contributed by atoms with E-state index in [-0.39, 0.29) is 40.6 Å². The molecule has 73 heavy (non-hydrogen) atoms. The number of benzene rings is 2. The Labute approximate surface area is 452 Å². The van der Waals surface area contributed by atoms with Gasteiger partial charge in [0.15, 0.2) is 39.9 Å². The summed E-state index contributed by atoms with van der Waals surface area (Å²) in [5.74, 6) is -9.29. The van der Waals surface area contributed by atoms with Crippen LogP contribution in [0.2, 0.25) is 20.6 Å². The molecular formula is C36H42Cl8N12O13P4. The molecule has 4 heterocycles. The van der Waals surface area contributed by atoms with E-state index in [9.17, 15) is 48.7 Å². The van der Waals surface area contributed by atoms with Crippen LogP contribution >= 0.6 is 118 Å². The minimum absolute atomic E-state index is 0.00977. The number of hydrogen-bond donors (Lipinski definition) is 10. The van der Waals surface area contributed by atoms with Crippen molar-refractivity contribution in [2.24, 2.45) is 11.8 Å². The quantitative estimate of drug-likeness (QED) is 0.0332. The molecule has 0 saturated heterocycles. The van der Waals surface area contributed by atoms with Crippen molar-refractivity contribution >= 4 is 152 Å². The number of nitrogens with zero attached hydrogens (tertiary/aromatic N) is 10. The molecule has 1 unspecified atom stereocenters. The number of fused-ring (bicyclic) bond motifs is 2. The minimum Gasteiger partial charge on any atom is -0.396 e. The first-order valence-corrected chi connectivity index (χ1v) is 33.3. The summed E-state index contributed by atoms with van der Waals surface area (Å²) in [5, 5.41) is 74.6. The molecule has 10 N–H and O–H groups in total. The monoisotopic (exact) mass is 1250 g/mol. The molecule has 0 aliphatic heterocycles. The molecular weight excluding hydrogens is 1220 g/mol. The number of aromatic nitrogens is 10. The number of halogens is 8. The first kappa shape index (κ1) is 60.1. The second-order valence-corrected chi connectivity index (χ2v) is 32.8. The third-order valence-electron chi connectivity index (χ3n) is 11.0. The summed E-state index contributed by atoms with van der Waals surface area (Å²) in [6, 6.07) is 13.2. The van der Waals surface area contributed by atoms with Gasteiger partial charge < -0.3 is 55.4 Å². The Morgan fingerprint density at radius 2 is 1.01 bits per heavy atom. The molecule has 37 heteroatoms. The second-order valence-electron chi connectivity index (χ2n) is 16.3. The van der Waals surface area contributed by atoms with Crippen LogP contribution < -0.4 is 10.6 Å². The molecule has 0 bridgehead atoms. The zero-order valence-electron chi connectivity index (χ0n) is 36.8. The summed E-state index contributed by atoms with van der Waals surface area (Å²) < 4.78 is 51.3. The summed E-state index contributed by atoms with van der Waals surface area (Å²) in [7, 11) is -9.43. The van der Waals surface area contributed by atoms with Gasteiger partial charge in [-0.3, -0.25) is 18.3 Å². The van der Waals surface area contributed by atoms with Gasteiger partial charge in [0.25, 0.3) is 11.7 Å². The van der Waals surface area contributed by atoms with Crippen LogP contribution in [0.25, 0.3) is 22.3 Å². The predicted molar refractivity (Wildman–Crippen MR) is 275 cm³/mol. The standard InChI is InChI=1S/C18H22Cl2N6O8P2.C17H18Cl2N6O3.CH2Cl4O2P2/c19-11-4-2-1-3-9(11)6-21-16-13-17(23-18(20)22-16)26(25-24-13)12-5-10(14(27)15(12)28)7-34-36(32,33)8-35(29,30)31;18-10-4-2-1-3-8(10)6-20-15-12-16(22-17(19)21-15)25(24-23-12)11-5-9(7-26)13(27)14(11)28;2-8(3,6)1-9(4,5)7/h1-4,10,12,14-15,27-28H,5-8H2,(H,32,33)(H,21,22,23)(H2,29,30,31);1-4,9,11,13-14,26-28H,5-7H2,(H,20,21,22);1H2/t10-,12-,14-,15+;9-,11-,13-,14+;/m11./s1. The number of anilines is 2. The van der Waals surface area contributed by atoms with Crippen LogP contribution in [0.3, 0.4) is 0 Å². The normalized spacial score (nSPS) is 23.1. The lowest BCUT2D eigenvalue weighted by atomic mass is 10.1. The van der Waals surface area contributed by atoms with Crippen molar-refractivity contribution in [2.45, 2.75) is 62.4 Å². The fourth-order valence-electron chi connectivity index (χ4n) is 7.65. The molecule has 9 atom stereocenters. The maximum atomic E-state index is 11.9. The molecule has 6 aromatic rings. The van der Waals surface area contributed by atoms with E-state index in [2.05, 4.69) is 51.2 Å². The van der Waals surface area contributed by atoms with Gasteiger partial charge in [-0.25, -0.2) is 9.36 Å². The average molecular weight is 1260 g/mol. The molecule has 2 fully saturated rings. The Hall–Kier alpha value is -2.12. The molecule has 0 radical (unpaired) electrons. The zero-order valence-corrected chi connectivity index (χ0v) is 46.4. The van der Waals surface area contributed by atoms with E-state index < -0.39 is 93.6 Å². The van der Waals surface area contributed by atoms with Crippen molar-refractivity contribution in [2.75, 3.05) is 35.7 Å². The highest BCUT2D eigenvalue weighted by atomic mass is 35.9. The lowest BCUT2D eigenvalue weighted by molar-refractivity contribution is -0.00511. The van der Waals surface area contributed by atoms with Crippen molar-refractivity contribution in [3.05, 3.63) is 80.3 Å². The van der Waals surface area contributed by atoms with Gasteiger partial charge in [0.2, 0.25) is 10.6 Å². The van der Waals surface area contributed by atoms with Gasteiger partial charge in [0.05, 0.1) is 30.9 Å². The van der Waals surface area contributed by atoms with E-state index in [1.807, 2.05) is 30.3 Å². The maximum Gasteiger partial charge on any atom is 0.340 e. The van der Waals surface area contributed by atoms with Gasteiger partial charge in [-0.05, 0) is 104 Å². The summed E-state index contributed by atoms with van der Waals surface area (Å²) in [6.45, 7) is -0.0709. The number of rotatable bonds is 16. The van der Waals surface area contributed by atoms with Crippen LogP contribution in [0.15, 0.2) is 48.5 Å². The zero-order chi connectivity index (χ0) is 53.8. The van der Waals surface area contributed by atoms with Crippen LogP contribution in [0.4, 0.5) is 11.6 Å². The number of aliphatic hydroxyl groups is 5. The van der Waals surface area contributed by atoms with Gasteiger partial charge in [0.1, 0.15) is 18.1 Å². The molecule has 8 rings (SSSR count). The van der Waals surface area contributed by atoms with Crippen molar-refractivity contribution in [1.82, 2.24) is 49.9 Å². The molecule has 0 amide bonds. The molecule has 400 valence electrons. The third-order valence-corrected chi connectivity index (χ3v) is 22.0. The first-order chi connectivity index (χ1) is 34.0. The van der Waals surface area contributed by atoms with Crippen LogP contribution in [0, 0.1) is 11.8 Å². The van der Waals surface area contributed by atoms with Crippen LogP contribution in [-0.2, 0) is 35.9 Å². The molecule has 2 aromatic carbocycles. The Bertz CT molecular complexity index is 3080. The third kappa shape index (κ3) is 16.5. The predicted octanol–water partition coefficient (Wildman–Crippen LogP) is 7.46. The van der Waals surface area contributed by atoms with E-state index in [0.29, 0.717) is 46.5 Å². The fraction of sp³-hybridized carbons (Fsp3) is 0.444. The highest BCUT2D eigenvalue weighted by molar-refractivity contribution is 8.21. The van der Waals surface area contributed by atoms with Gasteiger partial charge >= 0.3 is 15.2 Å². The van der Waals surface area contributed by atoms with Crippen LogP contribution in [0.5, 0.6) is 0 Å². The van der Waals surface area contributed by atoms with Crippen molar-refractivity contribution in [3.63, 3.8) is 0 Å². The molecule has 2 saturated carbocycles. The Morgan fingerprint density at radius 3 is 1.38 bits per heavy atom. The topological polar surface area (TPSA) is 376 Å². The minimum atomic E-state index is -4.81. The molecule has 25 nitrogen and oxygen atoms in total. The lowest BCUT2D eigenvalue weighted by Gasteiger charge is -2.19. The van der Waals surface area contributed by atoms with Gasteiger partial charge in [-0.2, -0.15) is 19.9 Å². The first-order valence-electron chi connectivity index (χ1n) is 20.9. The lowest BCUT2D eigenvalue weighted by Crippen LogP contribution is -2.31. The van der Waals surface area contributed by atoms with E-state index in [0.717, 1.165) is 11.1 Å². The maximum absolute atomic E-state index is 11.9. The summed E-state index contributed by atoms with van der Waals surface area (Å²) in [4.78, 5) is 44.2. The number of aliphatic hydroxyl groups excluding tert-OH is 5. The van der Waals surface area contributed by atoms with Crippen LogP contribution in [-0.4, -0.2) is 140 Å². The summed E-state index contributed by atoms with van der Waals surface area (Å²) in [5.41, 5.74) is 2.80. The van der Waals surface area contributed by atoms with Crippen molar-refractivity contribution < 1.29 is 63.0 Å². The Balaban J connectivity index is 0.000000208. The van der Waals surface area contributed by atoms with Gasteiger partial charge in [0, 0.05) is 41.6 Å². The van der Waals surface area contributed by atoms with E-state index in [1.54, 1.807) is 18.2 Å². The summed E-state index contributed by atoms with van der Waals surface area (Å²) in [6.07, 6.45) is -4.56. The summed E-state index contributed by atoms with van der Waals surface area (Å²) >= 11 is 44.6. The molecule has 0 spiro atoms. The number of nitrogens with one attached hydrogen (secondary N) is 2. The smallest absolute Gasteiger partial charge is 0.340 e. The SMILES string of the molecule is O=P(Cl)(Cl)CP(=O)(Cl)Cl.O=P(O)(O)CP(=O)(O)OC[C@H]1C[C@@H](n2nnc3c(NCc4ccccc4Cl)nc(Cl)nc32)[C@H](O)[C@@H]1O.OC[C@H]1C[C@@H](n2nnc3c(NCc4ccccc4Cl)nc(Cl)nc32)[C@H](O)[C@@H]1O. The second kappa shape index (κ2) is 25.1. The fourth-order valence-corrected chi connectivity index (χ4v) is 19.9. The average Bonchev–Trinajstić information content (AvgIpc) is 4.04. The highest BCUT2D eigenvalue weighted by Crippen LogP contribution is 2.72. The van der Waals surface area contributed by atoms with Crippen molar-refractivity contribution in [1.29, 1.82) is 0 Å². The van der Waals surface area contributed by atoms with Crippen LogP contribution in [0.1, 0.15) is 36.1 Å². The highest BCUT2D eigenvalue weighted by Gasteiger charge is 2.46. The van der Waals surface area contributed by atoms with E-state index in [1.165, 1.54) is 9.36 Å². The molecule has 2 aliphatic rings. The van der Waals surface area contributed by atoms with Gasteiger partial charge in [-0.15, -0.1) is 10.2 Å². The van der Waals surface area contributed by atoms with E-state index in [4.69, 9.17) is 106 Å².